The van der Waals surface area contributed by atoms with Crippen LogP contribution in [0, 0.1) is 0 Å². The van der Waals surface area contributed by atoms with Crippen LogP contribution in [0.3, 0.4) is 0 Å². The van der Waals surface area contributed by atoms with Gasteiger partial charge in [-0.25, -0.2) is 4.79 Å². The van der Waals surface area contributed by atoms with Crippen LogP contribution in [0.25, 0.3) is 0 Å². The molecule has 2 aliphatic rings. The van der Waals surface area contributed by atoms with Crippen LogP contribution in [0.4, 0.5) is 0 Å². The number of hydrogen-bond donors (Lipinski definition) is 5. The number of benzene rings is 1. The van der Waals surface area contributed by atoms with E-state index in [0.717, 1.165) is 16.7 Å². The highest BCUT2D eigenvalue weighted by Gasteiger charge is 2.54. The first-order valence-corrected chi connectivity index (χ1v) is 12.6. The maximum Gasteiger partial charge on any atom is 0.352 e. The first kappa shape index (κ1) is 25.3. The van der Waals surface area contributed by atoms with Crippen LogP contribution in [0.1, 0.15) is 22.1 Å². The molecule has 0 saturated carbocycles. The zero-order chi connectivity index (χ0) is 25.4. The number of aliphatic carboxylic acids is 1. The molecule has 0 bridgehead atoms. The van der Waals surface area contributed by atoms with Crippen LogP contribution in [-0.2, 0) is 14.4 Å². The molecule has 3 atom stereocenters. The third kappa shape index (κ3) is 4.84. The van der Waals surface area contributed by atoms with Crippen molar-refractivity contribution < 1.29 is 24.3 Å². The molecule has 2 aromatic rings. The van der Waals surface area contributed by atoms with E-state index in [1.54, 1.807) is 6.07 Å². The molecule has 0 radical (unpaired) electrons. The summed E-state index contributed by atoms with van der Waals surface area (Å²) in [6.07, 6.45) is 0. The van der Waals surface area contributed by atoms with Crippen LogP contribution in [0.5, 0.6) is 0 Å². The van der Waals surface area contributed by atoms with E-state index < -0.39 is 41.1 Å². The Bertz CT molecular complexity index is 1270. The minimum Gasteiger partial charge on any atom is -0.477 e. The molecule has 7 N–H and O–H groups in total. The molecule has 3 amide bonds. The van der Waals surface area contributed by atoms with Gasteiger partial charge in [-0.05, 0) is 23.3 Å². The number of fused-ring (bicyclic) bond motifs is 1. The van der Waals surface area contributed by atoms with Gasteiger partial charge in [0.25, 0.3) is 11.8 Å². The lowest BCUT2D eigenvalue weighted by Crippen LogP contribution is -2.71. The van der Waals surface area contributed by atoms with Crippen LogP contribution in [-0.4, -0.2) is 72.0 Å². The summed E-state index contributed by atoms with van der Waals surface area (Å²) in [7, 11) is 0. The van der Waals surface area contributed by atoms with Gasteiger partial charge in [0.05, 0.1) is 10.0 Å². The Morgan fingerprint density at radius 1 is 1.34 bits per heavy atom. The van der Waals surface area contributed by atoms with Gasteiger partial charge in [-0.3, -0.25) is 24.4 Å². The number of halogens is 2. The number of nitrogens with two attached hydrogens (primary N) is 2. The van der Waals surface area contributed by atoms with Crippen molar-refractivity contribution in [1.29, 1.82) is 0 Å². The molecule has 2 unspecified atom stereocenters. The summed E-state index contributed by atoms with van der Waals surface area (Å²) in [5, 5.41) is 22.3. The Labute approximate surface area is 216 Å². The summed E-state index contributed by atoms with van der Waals surface area (Å²) in [6.45, 7) is 0. The third-order valence-corrected chi connectivity index (χ3v) is 8.42. The molecule has 1 aromatic carbocycles. The zero-order valence-corrected chi connectivity index (χ0v) is 20.7. The molecule has 4 rings (SSSR count). The van der Waals surface area contributed by atoms with Gasteiger partial charge in [0.15, 0.2) is 5.69 Å². The van der Waals surface area contributed by atoms with Crippen molar-refractivity contribution in [1.82, 2.24) is 25.6 Å². The topological polar surface area (TPSA) is 197 Å². The van der Waals surface area contributed by atoms with E-state index in [-0.39, 0.29) is 27.9 Å². The number of nitrogens with zero attached hydrogens (tertiary/aromatic N) is 3. The van der Waals surface area contributed by atoms with Gasteiger partial charge in [0.2, 0.25) is 5.91 Å². The van der Waals surface area contributed by atoms with Gasteiger partial charge in [0, 0.05) is 11.5 Å². The summed E-state index contributed by atoms with van der Waals surface area (Å²) in [6, 6.07) is 2.48. The smallest absolute Gasteiger partial charge is 0.352 e. The molecule has 3 heterocycles. The van der Waals surface area contributed by atoms with Crippen molar-refractivity contribution in [3.8, 4) is 0 Å². The highest BCUT2D eigenvalue weighted by Crippen LogP contribution is 2.41. The number of H-pyrrole nitrogens is 1. The van der Waals surface area contributed by atoms with Crippen LogP contribution >= 0.6 is 46.7 Å². The molecule has 0 spiro atoms. The quantitative estimate of drug-likeness (QED) is 0.228. The van der Waals surface area contributed by atoms with E-state index in [1.807, 2.05) is 0 Å². The lowest BCUT2D eigenvalue weighted by Gasteiger charge is -2.49. The maximum absolute atomic E-state index is 12.9. The number of carboxylic acid groups (broad SMARTS) is 1. The number of carbonyl (C=O) groups excluding carboxylic acids is 3. The van der Waals surface area contributed by atoms with E-state index in [4.69, 9.17) is 34.7 Å². The first-order chi connectivity index (χ1) is 16.6. The van der Waals surface area contributed by atoms with Crippen LogP contribution < -0.4 is 16.8 Å². The van der Waals surface area contributed by atoms with Gasteiger partial charge in [-0.1, -0.05) is 46.2 Å². The Kier molecular flexibility index (Phi) is 7.28. The average Bonchev–Trinajstić information content (AvgIpc) is 3.30. The maximum atomic E-state index is 12.9. The molecule has 35 heavy (non-hydrogen) atoms. The molecule has 1 aromatic heterocycles. The van der Waals surface area contributed by atoms with Crippen molar-refractivity contribution in [2.75, 3.05) is 11.5 Å². The first-order valence-electron chi connectivity index (χ1n) is 9.84. The lowest BCUT2D eigenvalue weighted by atomic mass is 10.0. The number of carboxylic acids is 1. The number of aromatic amines is 1. The SMILES string of the molecule is NC(=O)c1nn[nH]c1SCC1=C(C(=O)O)N2C(=O)C(NC(=O)C(N)c3ccc(Cl)c(Cl)c3)[C@H]2SC1. The fourth-order valence-corrected chi connectivity index (χ4v) is 6.26. The van der Waals surface area contributed by atoms with Crippen molar-refractivity contribution >= 4 is 70.4 Å². The molecule has 1 fully saturated rings. The van der Waals surface area contributed by atoms with Crippen LogP contribution in [0.15, 0.2) is 34.5 Å². The van der Waals surface area contributed by atoms with Gasteiger partial charge in [0.1, 0.15) is 28.2 Å². The number of nitrogens with one attached hydrogen (secondary N) is 2. The van der Waals surface area contributed by atoms with E-state index in [0.29, 0.717) is 21.2 Å². The molecular weight excluding hydrogens is 541 g/mol. The Morgan fingerprint density at radius 3 is 2.74 bits per heavy atom. The van der Waals surface area contributed by atoms with Gasteiger partial charge in [-0.15, -0.1) is 16.9 Å². The van der Waals surface area contributed by atoms with E-state index in [1.165, 1.54) is 23.9 Å². The summed E-state index contributed by atoms with van der Waals surface area (Å²) < 4.78 is 0. The Morgan fingerprint density at radius 2 is 2.09 bits per heavy atom. The third-order valence-electron chi connectivity index (χ3n) is 5.27. The minimum atomic E-state index is -1.28. The highest BCUT2D eigenvalue weighted by molar-refractivity contribution is 8.01. The van der Waals surface area contributed by atoms with Crippen molar-refractivity contribution in [3.63, 3.8) is 0 Å². The van der Waals surface area contributed by atoms with E-state index in [9.17, 15) is 24.3 Å². The number of rotatable bonds is 8. The summed E-state index contributed by atoms with van der Waals surface area (Å²) in [4.78, 5) is 50.1. The number of aromatic nitrogens is 3. The molecule has 2 aliphatic heterocycles. The number of amides is 3. The average molecular weight is 558 g/mol. The highest BCUT2D eigenvalue weighted by atomic mass is 35.5. The monoisotopic (exact) mass is 557 g/mol. The molecule has 16 heteroatoms. The predicted molar refractivity (Wildman–Crippen MR) is 129 cm³/mol. The Balaban J connectivity index is 1.46. The number of carbonyl (C=O) groups is 4. The van der Waals surface area contributed by atoms with E-state index in [2.05, 4.69) is 20.7 Å². The summed E-state index contributed by atoms with van der Waals surface area (Å²) in [5.41, 5.74) is 11.9. The Hall–Kier alpha value is -2.78. The van der Waals surface area contributed by atoms with Gasteiger partial charge >= 0.3 is 5.97 Å². The lowest BCUT2D eigenvalue weighted by molar-refractivity contribution is -0.150. The largest absolute Gasteiger partial charge is 0.477 e. The summed E-state index contributed by atoms with van der Waals surface area (Å²) >= 11 is 14.3. The summed E-state index contributed by atoms with van der Waals surface area (Å²) in [5.74, 6) is -2.82. The number of β-lactam (4-membered cyclic amide) rings is 1. The second-order valence-electron chi connectivity index (χ2n) is 7.45. The fourth-order valence-electron chi connectivity index (χ4n) is 3.53. The normalized spacial score (nSPS) is 20.2. The molecule has 12 nitrogen and oxygen atoms in total. The number of hydrogen-bond acceptors (Lipinski definition) is 9. The molecule has 184 valence electrons. The van der Waals surface area contributed by atoms with Crippen molar-refractivity contribution in [3.05, 3.63) is 50.8 Å². The van der Waals surface area contributed by atoms with Gasteiger partial charge in [-0.2, -0.15) is 0 Å². The number of thioether (sulfide) groups is 2. The number of primary amides is 1. The zero-order valence-electron chi connectivity index (χ0n) is 17.5. The van der Waals surface area contributed by atoms with E-state index >= 15 is 0 Å². The standard InChI is InChI=1S/C19H17Cl2N7O5S2/c20-8-2-1-6(3-9(8)21)10(22)15(30)24-12-17(31)28-13(19(32)33)7(5-35-18(12)28)4-34-16-11(14(23)29)25-27-26-16/h1-3,10,12,18H,4-5,22H2,(H2,23,29)(H,24,30)(H,32,33)(H,25,26,27)/t10?,12?,18-/m1/s1. The van der Waals surface area contributed by atoms with Crippen molar-refractivity contribution in [2.24, 2.45) is 11.5 Å². The van der Waals surface area contributed by atoms with Gasteiger partial charge < -0.3 is 21.9 Å². The molecule has 0 aliphatic carbocycles. The molecular formula is C19H17Cl2N7O5S2. The predicted octanol–water partition coefficient (Wildman–Crippen LogP) is 0.741. The van der Waals surface area contributed by atoms with Crippen LogP contribution in [0.2, 0.25) is 10.0 Å². The van der Waals surface area contributed by atoms with Crippen molar-refractivity contribution in [2.45, 2.75) is 22.5 Å². The fraction of sp³-hybridized carbons (Fsp3) is 0.263. The minimum absolute atomic E-state index is 0.0602. The second kappa shape index (κ2) is 10.1. The second-order valence-corrected chi connectivity index (χ2v) is 10.4. The molecule has 1 saturated heterocycles.